The Balaban J connectivity index is 1.62. The molecule has 1 amide bonds. The summed E-state index contributed by atoms with van der Waals surface area (Å²) in [5.41, 5.74) is 0.909. The first-order valence-corrected chi connectivity index (χ1v) is 10.5. The molecule has 7 nitrogen and oxygen atoms in total. The van der Waals surface area contributed by atoms with Crippen LogP contribution < -0.4 is 14.8 Å². The Morgan fingerprint density at radius 2 is 1.93 bits per heavy atom. The largest absolute Gasteiger partial charge is 0.435 e. The maximum Gasteiger partial charge on any atom is 0.387 e. The topological polar surface area (TPSA) is 96.9 Å². The third-order valence-electron chi connectivity index (χ3n) is 4.07. The van der Waals surface area contributed by atoms with Gasteiger partial charge in [0.2, 0.25) is 5.91 Å². The molecular weight excluding hydrogens is 416 g/mol. The lowest BCUT2D eigenvalue weighted by Gasteiger charge is -2.09. The summed E-state index contributed by atoms with van der Waals surface area (Å²) in [5.74, 6) is -0.0373. The highest BCUT2D eigenvalue weighted by atomic mass is 32.2. The molecule has 0 atom stereocenters. The van der Waals surface area contributed by atoms with Crippen LogP contribution in [0.5, 0.6) is 5.75 Å². The lowest BCUT2D eigenvalue weighted by molar-refractivity contribution is -0.111. The summed E-state index contributed by atoms with van der Waals surface area (Å²) in [5, 5.41) is 2.58. The van der Waals surface area contributed by atoms with Crippen molar-refractivity contribution in [2.75, 3.05) is 11.9 Å². The molecule has 2 aromatic carbocycles. The van der Waals surface area contributed by atoms with Gasteiger partial charge in [0.25, 0.3) is 10.0 Å². The van der Waals surface area contributed by atoms with Crippen molar-refractivity contribution < 1.29 is 26.7 Å². The lowest BCUT2D eigenvalue weighted by Crippen LogP contribution is -2.29. The number of sulfonamides is 1. The van der Waals surface area contributed by atoms with Crippen molar-refractivity contribution in [1.29, 1.82) is 0 Å². The van der Waals surface area contributed by atoms with Gasteiger partial charge in [-0.2, -0.15) is 8.78 Å². The minimum atomic E-state index is -3.79. The van der Waals surface area contributed by atoms with E-state index in [9.17, 15) is 22.0 Å². The van der Waals surface area contributed by atoms with Crippen molar-refractivity contribution in [1.82, 2.24) is 4.72 Å². The summed E-state index contributed by atoms with van der Waals surface area (Å²) in [6.07, 6.45) is 4.12. The standard InChI is InChI=1S/C20H19F2N3O4S/c21-20(22)29-16-9-6-14(7-10-16)8-11-19(26)24-15-3-1-4-17(13-15)30(27,28)25-18-5-2-12-23-18/h1,3-4,6-11,13,20H,2,5,12H2,(H,23,25)(H,24,26)/b11-8+. The predicted octanol–water partition coefficient (Wildman–Crippen LogP) is 3.41. The zero-order valence-electron chi connectivity index (χ0n) is 15.7. The van der Waals surface area contributed by atoms with Crippen LogP contribution in [0.2, 0.25) is 0 Å². The third kappa shape index (κ3) is 6.11. The van der Waals surface area contributed by atoms with Gasteiger partial charge in [0, 0.05) is 24.7 Å². The van der Waals surface area contributed by atoms with E-state index in [-0.39, 0.29) is 10.6 Å². The van der Waals surface area contributed by atoms with E-state index in [0.717, 1.165) is 6.42 Å². The maximum absolute atomic E-state index is 12.5. The number of carbonyl (C=O) groups is 1. The molecule has 0 saturated heterocycles. The van der Waals surface area contributed by atoms with Gasteiger partial charge in [0.1, 0.15) is 11.6 Å². The first-order chi connectivity index (χ1) is 14.3. The third-order valence-corrected chi connectivity index (χ3v) is 5.45. The molecule has 0 bridgehead atoms. The van der Waals surface area contributed by atoms with Gasteiger partial charge in [0.05, 0.1) is 4.90 Å². The minimum Gasteiger partial charge on any atom is -0.435 e. The number of hydrogen-bond donors (Lipinski definition) is 2. The Morgan fingerprint density at radius 1 is 1.17 bits per heavy atom. The van der Waals surface area contributed by atoms with Gasteiger partial charge >= 0.3 is 6.61 Å². The van der Waals surface area contributed by atoms with E-state index in [1.165, 1.54) is 54.6 Å². The van der Waals surface area contributed by atoms with E-state index in [1.807, 2.05) is 0 Å². The molecule has 0 radical (unpaired) electrons. The van der Waals surface area contributed by atoms with Gasteiger partial charge in [0.15, 0.2) is 0 Å². The predicted molar refractivity (Wildman–Crippen MR) is 109 cm³/mol. The minimum absolute atomic E-state index is 0.00787. The summed E-state index contributed by atoms with van der Waals surface area (Å²) < 4.78 is 55.9. The van der Waals surface area contributed by atoms with Crippen LogP contribution in [0.1, 0.15) is 18.4 Å². The number of nitrogens with one attached hydrogen (secondary N) is 2. The van der Waals surface area contributed by atoms with E-state index >= 15 is 0 Å². The molecule has 0 unspecified atom stereocenters. The summed E-state index contributed by atoms with van der Waals surface area (Å²) >= 11 is 0. The highest BCUT2D eigenvalue weighted by Gasteiger charge is 2.18. The molecule has 1 aliphatic rings. The Hall–Kier alpha value is -3.27. The highest BCUT2D eigenvalue weighted by molar-refractivity contribution is 7.90. The van der Waals surface area contributed by atoms with Gasteiger partial charge in [-0.25, -0.2) is 8.42 Å². The first-order valence-electron chi connectivity index (χ1n) is 9.02. The van der Waals surface area contributed by atoms with E-state index in [0.29, 0.717) is 30.1 Å². The molecule has 0 aromatic heterocycles. The van der Waals surface area contributed by atoms with Crippen molar-refractivity contribution in [2.24, 2.45) is 4.99 Å². The molecule has 30 heavy (non-hydrogen) atoms. The van der Waals surface area contributed by atoms with Crippen LogP contribution in [0.3, 0.4) is 0 Å². The summed E-state index contributed by atoms with van der Waals surface area (Å²) in [7, 11) is -3.79. The SMILES string of the molecule is O=C(/C=C/c1ccc(OC(F)F)cc1)Nc1cccc(S(=O)(=O)NC2=NCCC2)c1. The summed E-state index contributed by atoms with van der Waals surface area (Å²) in [6.45, 7) is -2.31. The number of nitrogens with zero attached hydrogens (tertiary/aromatic N) is 1. The van der Waals surface area contributed by atoms with Gasteiger partial charge in [-0.05, 0) is 48.4 Å². The lowest BCUT2D eigenvalue weighted by atomic mass is 10.2. The van der Waals surface area contributed by atoms with Gasteiger partial charge < -0.3 is 10.1 Å². The number of aliphatic imine (C=N–C) groups is 1. The second kappa shape index (κ2) is 9.49. The number of alkyl halides is 2. The molecule has 2 N–H and O–H groups in total. The fourth-order valence-corrected chi connectivity index (χ4v) is 3.83. The van der Waals surface area contributed by atoms with Crippen molar-refractivity contribution in [3.63, 3.8) is 0 Å². The normalized spacial score (nSPS) is 14.0. The van der Waals surface area contributed by atoms with Crippen LogP contribution in [0.15, 0.2) is 64.5 Å². The highest BCUT2D eigenvalue weighted by Crippen LogP contribution is 2.18. The average Bonchev–Trinajstić information content (AvgIpc) is 3.19. The molecule has 0 spiro atoms. The quantitative estimate of drug-likeness (QED) is 0.652. The molecule has 0 saturated carbocycles. The van der Waals surface area contributed by atoms with Crippen molar-refractivity contribution >= 4 is 33.5 Å². The number of anilines is 1. The van der Waals surface area contributed by atoms with Crippen molar-refractivity contribution in [3.8, 4) is 5.75 Å². The van der Waals surface area contributed by atoms with Crippen LogP contribution in [0.25, 0.3) is 6.08 Å². The van der Waals surface area contributed by atoms with Gasteiger partial charge in [-0.3, -0.25) is 14.5 Å². The number of rotatable bonds is 7. The van der Waals surface area contributed by atoms with Crippen LogP contribution in [-0.2, 0) is 14.8 Å². The van der Waals surface area contributed by atoms with E-state index < -0.39 is 22.5 Å². The van der Waals surface area contributed by atoms with E-state index in [1.54, 1.807) is 6.07 Å². The zero-order valence-corrected chi connectivity index (χ0v) is 16.5. The maximum atomic E-state index is 12.5. The molecule has 1 heterocycles. The average molecular weight is 435 g/mol. The Morgan fingerprint density at radius 3 is 2.60 bits per heavy atom. The van der Waals surface area contributed by atoms with Crippen molar-refractivity contribution in [3.05, 3.63) is 60.2 Å². The Labute approximate surface area is 172 Å². The number of ether oxygens (including phenoxy) is 1. The summed E-state index contributed by atoms with van der Waals surface area (Å²) in [6, 6.07) is 11.6. The molecule has 1 aliphatic heterocycles. The number of carbonyl (C=O) groups excluding carboxylic acids is 1. The van der Waals surface area contributed by atoms with Crippen LogP contribution in [0.4, 0.5) is 14.5 Å². The monoisotopic (exact) mass is 435 g/mol. The number of hydrogen-bond acceptors (Lipinski definition) is 5. The molecule has 0 aliphatic carbocycles. The molecule has 3 rings (SSSR count). The second-order valence-electron chi connectivity index (χ2n) is 6.34. The van der Waals surface area contributed by atoms with Crippen molar-refractivity contribution in [2.45, 2.75) is 24.3 Å². The summed E-state index contributed by atoms with van der Waals surface area (Å²) in [4.78, 5) is 16.2. The Bertz CT molecular complexity index is 1070. The van der Waals surface area contributed by atoms with Crippen LogP contribution in [0, 0.1) is 0 Å². The van der Waals surface area contributed by atoms with E-state index in [2.05, 4.69) is 19.8 Å². The fraction of sp³-hybridized carbons (Fsp3) is 0.200. The van der Waals surface area contributed by atoms with Gasteiger partial charge in [-0.1, -0.05) is 18.2 Å². The number of halogens is 2. The molecule has 158 valence electrons. The number of amides is 1. The molecule has 0 fully saturated rings. The smallest absolute Gasteiger partial charge is 0.387 e. The second-order valence-corrected chi connectivity index (χ2v) is 8.02. The number of amidine groups is 1. The van der Waals surface area contributed by atoms with Gasteiger partial charge in [-0.15, -0.1) is 0 Å². The fourth-order valence-electron chi connectivity index (χ4n) is 2.69. The zero-order chi connectivity index (χ0) is 21.6. The molecule has 2 aromatic rings. The number of benzene rings is 2. The van der Waals surface area contributed by atoms with Crippen LogP contribution >= 0.6 is 0 Å². The Kier molecular flexibility index (Phi) is 6.78. The molecular formula is C20H19F2N3O4S. The van der Waals surface area contributed by atoms with Crippen LogP contribution in [-0.4, -0.2) is 33.3 Å². The van der Waals surface area contributed by atoms with E-state index in [4.69, 9.17) is 0 Å². The molecule has 10 heteroatoms. The first kappa shape index (κ1) is 21.4.